The molecule has 0 N–H and O–H groups in total. The van der Waals surface area contributed by atoms with Gasteiger partial charge >= 0.3 is 0 Å². The number of carbonyl (C=O) groups excluding carboxylic acids is 1. The number of pyridine rings is 1. The van der Waals surface area contributed by atoms with Crippen LogP contribution >= 0.6 is 0 Å². The van der Waals surface area contributed by atoms with E-state index < -0.39 is 34.3 Å². The first kappa shape index (κ1) is 27.9. The highest BCUT2D eigenvalue weighted by atomic mass is 19.2. The minimum absolute atomic E-state index is 0.00549. The lowest BCUT2D eigenvalue weighted by Crippen LogP contribution is -2.62. The first-order valence-electron chi connectivity index (χ1n) is 14.9. The van der Waals surface area contributed by atoms with Crippen LogP contribution in [0.5, 0.6) is 5.75 Å². The van der Waals surface area contributed by atoms with Crippen LogP contribution in [0.2, 0.25) is 0 Å². The highest BCUT2D eigenvalue weighted by Crippen LogP contribution is 2.56. The zero-order chi connectivity index (χ0) is 31.6. The summed E-state index contributed by atoms with van der Waals surface area (Å²) in [5.41, 5.74) is 3.23. The van der Waals surface area contributed by atoms with E-state index >= 15 is 4.39 Å². The average Bonchev–Trinajstić information content (AvgIpc) is 3.57. The number of halogens is 3. The number of carbonyl (C=O) groups is 1. The summed E-state index contributed by atoms with van der Waals surface area (Å²) in [6.45, 7) is 0.150. The number of nitrogens with zero attached hydrogens (tertiary/aromatic N) is 3. The molecule has 0 saturated heterocycles. The summed E-state index contributed by atoms with van der Waals surface area (Å²) in [7, 11) is 0. The maximum atomic E-state index is 15.5. The van der Waals surface area contributed by atoms with E-state index in [1.165, 1.54) is 24.4 Å². The van der Waals surface area contributed by atoms with Crippen molar-refractivity contribution >= 4 is 12.0 Å². The molecule has 6 nitrogen and oxygen atoms in total. The second-order valence-corrected chi connectivity index (χ2v) is 11.7. The molecule has 1 atom stereocenters. The van der Waals surface area contributed by atoms with Gasteiger partial charge in [0.15, 0.2) is 23.1 Å². The van der Waals surface area contributed by atoms with Crippen LogP contribution < -0.4 is 15.2 Å². The molecule has 46 heavy (non-hydrogen) atoms. The van der Waals surface area contributed by atoms with Gasteiger partial charge in [-0.05, 0) is 51.6 Å². The molecule has 0 radical (unpaired) electrons. The Morgan fingerprint density at radius 2 is 1.54 bits per heavy atom. The van der Waals surface area contributed by atoms with Crippen molar-refractivity contribution < 1.29 is 22.7 Å². The lowest BCUT2D eigenvalue weighted by molar-refractivity contribution is 0.0649. The molecule has 1 aliphatic heterocycles. The molecule has 1 amide bonds. The largest absolute Gasteiger partial charge is 0.482 e. The van der Waals surface area contributed by atoms with E-state index in [9.17, 15) is 18.4 Å². The maximum Gasteiger partial charge on any atom is 0.278 e. The third kappa shape index (κ3) is 4.11. The Morgan fingerprint density at radius 3 is 2.35 bits per heavy atom. The second-order valence-electron chi connectivity index (χ2n) is 11.7. The SMILES string of the molecule is O=C1c2c(OCc3ccccc3)c(=O)ccn2N(C23C(=Cc4ccccc42)Cc2c3ccc(F)c2F)CN1Cc1ccc(F)cc1. The van der Waals surface area contributed by atoms with Gasteiger partial charge in [-0.2, -0.15) is 0 Å². The molecular formula is C37H26F3N3O3. The molecule has 2 aliphatic carbocycles. The van der Waals surface area contributed by atoms with Crippen LogP contribution in [0, 0.1) is 17.5 Å². The predicted molar refractivity (Wildman–Crippen MR) is 166 cm³/mol. The number of fused-ring (bicyclic) bond motifs is 6. The van der Waals surface area contributed by atoms with Crippen LogP contribution in [0.3, 0.4) is 0 Å². The summed E-state index contributed by atoms with van der Waals surface area (Å²) in [5, 5.41) is 1.92. The van der Waals surface area contributed by atoms with Crippen molar-refractivity contribution in [3.63, 3.8) is 0 Å². The van der Waals surface area contributed by atoms with Gasteiger partial charge in [0.25, 0.3) is 5.91 Å². The van der Waals surface area contributed by atoms with Crippen molar-refractivity contribution in [2.45, 2.75) is 25.1 Å². The molecule has 8 rings (SSSR count). The topological polar surface area (TPSA) is 54.8 Å². The second kappa shape index (κ2) is 10.5. The van der Waals surface area contributed by atoms with Gasteiger partial charge in [-0.3, -0.25) is 19.3 Å². The minimum atomic E-state index is -1.14. The molecule has 0 fully saturated rings. The van der Waals surface area contributed by atoms with Gasteiger partial charge in [-0.1, -0.05) is 78.9 Å². The fourth-order valence-corrected chi connectivity index (χ4v) is 7.07. The standard InChI is InChI=1S/C37H26F3N3O3/c38-27-12-10-23(11-13-27)20-41-22-43(42-17-16-32(44)35(34(42)36(41)45)46-21-24-6-2-1-3-7-24)37-26(18-25-8-4-5-9-29(25)37)19-28-30(37)14-15-31(39)33(28)40/h1-18H,19-22H2. The molecule has 3 aliphatic rings. The number of rotatable bonds is 6. The fourth-order valence-electron chi connectivity index (χ4n) is 7.07. The monoisotopic (exact) mass is 617 g/mol. The van der Waals surface area contributed by atoms with Gasteiger partial charge in [-0.25, -0.2) is 13.2 Å². The Labute approximate surface area is 262 Å². The van der Waals surface area contributed by atoms with Crippen LogP contribution in [0.4, 0.5) is 13.2 Å². The van der Waals surface area contributed by atoms with Crippen molar-refractivity contribution in [2.24, 2.45) is 0 Å². The lowest BCUT2D eigenvalue weighted by atomic mass is 9.83. The summed E-state index contributed by atoms with van der Waals surface area (Å²) in [4.78, 5) is 29.4. The Kier molecular flexibility index (Phi) is 6.39. The number of benzene rings is 4. The van der Waals surface area contributed by atoms with Crippen LogP contribution in [0.25, 0.3) is 6.08 Å². The van der Waals surface area contributed by atoms with E-state index in [-0.39, 0.29) is 43.2 Å². The van der Waals surface area contributed by atoms with Crippen molar-refractivity contribution in [1.82, 2.24) is 9.58 Å². The minimum Gasteiger partial charge on any atom is -0.482 e. The number of hydrogen-bond donors (Lipinski definition) is 0. The van der Waals surface area contributed by atoms with Gasteiger partial charge in [-0.15, -0.1) is 0 Å². The predicted octanol–water partition coefficient (Wildman–Crippen LogP) is 6.29. The molecule has 4 aromatic carbocycles. The van der Waals surface area contributed by atoms with Gasteiger partial charge in [0.2, 0.25) is 5.43 Å². The van der Waals surface area contributed by atoms with Crippen molar-refractivity contribution in [1.29, 1.82) is 0 Å². The molecule has 0 bridgehead atoms. The molecule has 9 heteroatoms. The Balaban J connectivity index is 1.35. The van der Waals surface area contributed by atoms with Crippen LogP contribution in [0.1, 0.15) is 43.9 Å². The number of aromatic nitrogens is 1. The molecule has 1 unspecified atom stereocenters. The van der Waals surface area contributed by atoms with Gasteiger partial charge in [0.1, 0.15) is 24.6 Å². The third-order valence-corrected chi connectivity index (χ3v) is 9.09. The average molecular weight is 618 g/mol. The maximum absolute atomic E-state index is 15.5. The summed E-state index contributed by atoms with van der Waals surface area (Å²) in [6.07, 6.45) is 3.68. The zero-order valence-corrected chi connectivity index (χ0v) is 24.4. The number of ether oxygens (including phenoxy) is 1. The molecule has 0 saturated carbocycles. The van der Waals surface area contributed by atoms with Crippen LogP contribution in [0.15, 0.2) is 114 Å². The third-order valence-electron chi connectivity index (χ3n) is 9.09. The summed E-state index contributed by atoms with van der Waals surface area (Å²) < 4.78 is 51.6. The zero-order valence-electron chi connectivity index (χ0n) is 24.4. The van der Waals surface area contributed by atoms with Gasteiger partial charge in [0.05, 0.1) is 0 Å². The van der Waals surface area contributed by atoms with E-state index in [0.717, 1.165) is 28.3 Å². The molecule has 2 heterocycles. The highest BCUT2D eigenvalue weighted by Gasteiger charge is 2.56. The van der Waals surface area contributed by atoms with E-state index in [1.807, 2.05) is 65.7 Å². The quantitative estimate of drug-likeness (QED) is 0.225. The summed E-state index contributed by atoms with van der Waals surface area (Å²) in [6, 6.07) is 27.0. The summed E-state index contributed by atoms with van der Waals surface area (Å²) >= 11 is 0. The Hall–Kier alpha value is -5.57. The van der Waals surface area contributed by atoms with Crippen LogP contribution in [-0.4, -0.2) is 22.2 Å². The summed E-state index contributed by atoms with van der Waals surface area (Å²) in [5.74, 6) is -2.83. The van der Waals surface area contributed by atoms with Crippen molar-refractivity contribution in [3.8, 4) is 5.75 Å². The van der Waals surface area contributed by atoms with E-state index in [4.69, 9.17) is 4.74 Å². The lowest BCUT2D eigenvalue weighted by Gasteiger charge is -2.49. The first-order chi connectivity index (χ1) is 22.4. The van der Waals surface area contributed by atoms with Crippen molar-refractivity contribution in [2.75, 3.05) is 11.7 Å². The molecule has 0 spiro atoms. The number of hydrogen-bond acceptors (Lipinski definition) is 4. The fraction of sp³-hybridized carbons (Fsp3) is 0.135. The Bertz CT molecular complexity index is 2130. The first-order valence-corrected chi connectivity index (χ1v) is 14.9. The van der Waals surface area contributed by atoms with E-state index in [0.29, 0.717) is 11.1 Å². The molecule has 1 aromatic heterocycles. The van der Waals surface area contributed by atoms with E-state index in [1.54, 1.807) is 27.8 Å². The van der Waals surface area contributed by atoms with E-state index in [2.05, 4.69) is 0 Å². The van der Waals surface area contributed by atoms with Gasteiger partial charge < -0.3 is 9.64 Å². The highest BCUT2D eigenvalue weighted by molar-refractivity contribution is 5.96. The molecule has 5 aromatic rings. The smallest absolute Gasteiger partial charge is 0.278 e. The van der Waals surface area contributed by atoms with Gasteiger partial charge in [0, 0.05) is 30.8 Å². The molecule has 228 valence electrons. The normalized spacial score (nSPS) is 17.7. The number of amides is 1. The van der Waals surface area contributed by atoms with Crippen LogP contribution in [-0.2, 0) is 25.1 Å². The van der Waals surface area contributed by atoms with Crippen molar-refractivity contribution in [3.05, 3.63) is 176 Å². The molecular weight excluding hydrogens is 591 g/mol. The Morgan fingerprint density at radius 1 is 0.783 bits per heavy atom.